The van der Waals surface area contributed by atoms with Crippen molar-refractivity contribution in [3.8, 4) is 5.88 Å². The SMILES string of the molecule is CN=C(NCc1ccc(OCC2CC2)nc1)N1CCC(COCCOC)C1.I. The van der Waals surface area contributed by atoms with Gasteiger partial charge in [-0.3, -0.25) is 4.99 Å². The molecule has 8 heteroatoms. The Morgan fingerprint density at radius 3 is 2.75 bits per heavy atom. The van der Waals surface area contributed by atoms with E-state index in [2.05, 4.69) is 26.3 Å². The summed E-state index contributed by atoms with van der Waals surface area (Å²) < 4.78 is 16.4. The minimum atomic E-state index is 0. The van der Waals surface area contributed by atoms with Gasteiger partial charge in [0, 0.05) is 52.0 Å². The molecule has 1 aliphatic carbocycles. The van der Waals surface area contributed by atoms with E-state index < -0.39 is 0 Å². The van der Waals surface area contributed by atoms with E-state index in [0.29, 0.717) is 31.6 Å². The maximum atomic E-state index is 5.69. The van der Waals surface area contributed by atoms with Crippen LogP contribution in [0.15, 0.2) is 23.3 Å². The molecule has 1 atom stereocenters. The number of rotatable bonds is 10. The lowest BCUT2D eigenvalue weighted by atomic mass is 10.1. The van der Waals surface area contributed by atoms with Crippen molar-refractivity contribution in [3.05, 3.63) is 23.9 Å². The van der Waals surface area contributed by atoms with Crippen LogP contribution in [0.25, 0.3) is 0 Å². The number of methoxy groups -OCH3 is 1. The predicted molar refractivity (Wildman–Crippen MR) is 120 cm³/mol. The summed E-state index contributed by atoms with van der Waals surface area (Å²) in [5, 5.41) is 3.44. The lowest BCUT2D eigenvalue weighted by Gasteiger charge is -2.21. The molecule has 2 aliphatic rings. The zero-order valence-corrected chi connectivity index (χ0v) is 19.3. The van der Waals surface area contributed by atoms with Gasteiger partial charge in [-0.15, -0.1) is 24.0 Å². The average Bonchev–Trinajstić information content (AvgIpc) is 3.42. The Labute approximate surface area is 185 Å². The summed E-state index contributed by atoms with van der Waals surface area (Å²) in [6.07, 6.45) is 5.58. The highest BCUT2D eigenvalue weighted by Gasteiger charge is 2.25. The molecule has 1 N–H and O–H groups in total. The summed E-state index contributed by atoms with van der Waals surface area (Å²) in [4.78, 5) is 11.1. The fraction of sp³-hybridized carbons (Fsp3) is 0.700. The summed E-state index contributed by atoms with van der Waals surface area (Å²) in [6.45, 7) is 5.56. The van der Waals surface area contributed by atoms with Crippen molar-refractivity contribution < 1.29 is 14.2 Å². The molecule has 28 heavy (non-hydrogen) atoms. The summed E-state index contributed by atoms with van der Waals surface area (Å²) in [6, 6.07) is 4.01. The minimum absolute atomic E-state index is 0. The molecule has 1 saturated heterocycles. The van der Waals surface area contributed by atoms with Crippen molar-refractivity contribution in [2.24, 2.45) is 16.8 Å². The third-order valence-electron chi connectivity index (χ3n) is 4.99. The van der Waals surface area contributed by atoms with Crippen LogP contribution in [0.1, 0.15) is 24.8 Å². The second-order valence-electron chi connectivity index (χ2n) is 7.33. The number of guanidine groups is 1. The second-order valence-corrected chi connectivity index (χ2v) is 7.33. The Morgan fingerprint density at radius 2 is 2.07 bits per heavy atom. The normalized spacial score (nSPS) is 19.4. The smallest absolute Gasteiger partial charge is 0.213 e. The topological polar surface area (TPSA) is 68.2 Å². The molecule has 0 radical (unpaired) electrons. The van der Waals surface area contributed by atoms with Gasteiger partial charge in [0.05, 0.1) is 26.4 Å². The van der Waals surface area contributed by atoms with Crippen molar-refractivity contribution in [1.29, 1.82) is 0 Å². The molecular formula is C20H33IN4O3. The highest BCUT2D eigenvalue weighted by Crippen LogP contribution is 2.29. The lowest BCUT2D eigenvalue weighted by Crippen LogP contribution is -2.39. The third-order valence-corrected chi connectivity index (χ3v) is 4.99. The zero-order chi connectivity index (χ0) is 18.9. The van der Waals surface area contributed by atoms with E-state index in [0.717, 1.165) is 50.2 Å². The molecule has 158 valence electrons. The van der Waals surface area contributed by atoms with Gasteiger partial charge in [0.25, 0.3) is 0 Å². The molecule has 2 fully saturated rings. The van der Waals surface area contributed by atoms with Gasteiger partial charge in [-0.25, -0.2) is 4.98 Å². The molecule has 1 saturated carbocycles. The standard InChI is InChI=1S/C20H32N4O3.HI/c1-21-20(24-8-7-18(13-24)14-26-10-9-25-2)23-12-17-5-6-19(22-11-17)27-15-16-3-4-16;/h5-6,11,16,18H,3-4,7-10,12-15H2,1-2H3,(H,21,23);1H. The third kappa shape index (κ3) is 7.71. The number of likely N-dealkylation sites (tertiary alicyclic amines) is 1. The van der Waals surface area contributed by atoms with Crippen LogP contribution in [0.4, 0.5) is 0 Å². The van der Waals surface area contributed by atoms with Crippen LogP contribution in [0.3, 0.4) is 0 Å². The van der Waals surface area contributed by atoms with Gasteiger partial charge in [0.2, 0.25) is 5.88 Å². The quantitative estimate of drug-likeness (QED) is 0.229. The lowest BCUT2D eigenvalue weighted by molar-refractivity contribution is 0.0536. The van der Waals surface area contributed by atoms with E-state index in [1.165, 1.54) is 12.8 Å². The maximum Gasteiger partial charge on any atom is 0.213 e. The summed E-state index contributed by atoms with van der Waals surface area (Å²) in [7, 11) is 3.53. The highest BCUT2D eigenvalue weighted by molar-refractivity contribution is 14.0. The highest BCUT2D eigenvalue weighted by atomic mass is 127. The first-order valence-corrected chi connectivity index (χ1v) is 9.88. The van der Waals surface area contributed by atoms with Crippen LogP contribution in [-0.4, -0.2) is 69.5 Å². The van der Waals surface area contributed by atoms with Crippen molar-refractivity contribution in [3.63, 3.8) is 0 Å². The Kier molecular flexibility index (Phi) is 10.3. The van der Waals surface area contributed by atoms with Crippen LogP contribution in [0.5, 0.6) is 5.88 Å². The molecular weight excluding hydrogens is 471 g/mol. The predicted octanol–water partition coefficient (Wildman–Crippen LogP) is 2.55. The largest absolute Gasteiger partial charge is 0.477 e. The van der Waals surface area contributed by atoms with Crippen LogP contribution < -0.4 is 10.1 Å². The van der Waals surface area contributed by atoms with E-state index in [-0.39, 0.29) is 24.0 Å². The molecule has 0 aromatic carbocycles. The number of halogens is 1. The number of aliphatic imine (C=N–C) groups is 1. The summed E-state index contributed by atoms with van der Waals surface area (Å²) in [5.74, 6) is 2.94. The van der Waals surface area contributed by atoms with E-state index in [1.54, 1.807) is 7.11 Å². The summed E-state index contributed by atoms with van der Waals surface area (Å²) >= 11 is 0. The van der Waals surface area contributed by atoms with Gasteiger partial charge in [-0.1, -0.05) is 6.07 Å². The number of pyridine rings is 1. The van der Waals surface area contributed by atoms with E-state index in [1.807, 2.05) is 19.3 Å². The van der Waals surface area contributed by atoms with Crippen molar-refractivity contribution in [2.75, 3.05) is 53.7 Å². The molecule has 7 nitrogen and oxygen atoms in total. The Hall–Kier alpha value is -1.13. The monoisotopic (exact) mass is 504 g/mol. The number of nitrogens with zero attached hydrogens (tertiary/aromatic N) is 3. The van der Waals surface area contributed by atoms with Crippen LogP contribution in [0.2, 0.25) is 0 Å². The van der Waals surface area contributed by atoms with E-state index in [9.17, 15) is 0 Å². The molecule has 1 aromatic rings. The van der Waals surface area contributed by atoms with E-state index in [4.69, 9.17) is 14.2 Å². The van der Waals surface area contributed by atoms with Gasteiger partial charge in [-0.2, -0.15) is 0 Å². The molecule has 0 amide bonds. The van der Waals surface area contributed by atoms with Crippen LogP contribution in [0, 0.1) is 11.8 Å². The van der Waals surface area contributed by atoms with Gasteiger partial charge >= 0.3 is 0 Å². The average molecular weight is 504 g/mol. The molecule has 1 unspecified atom stereocenters. The minimum Gasteiger partial charge on any atom is -0.477 e. The molecule has 0 bridgehead atoms. The van der Waals surface area contributed by atoms with Gasteiger partial charge in [0.1, 0.15) is 0 Å². The fourth-order valence-electron chi connectivity index (χ4n) is 3.16. The molecule has 2 heterocycles. The van der Waals surface area contributed by atoms with E-state index >= 15 is 0 Å². The molecule has 1 aliphatic heterocycles. The summed E-state index contributed by atoms with van der Waals surface area (Å²) in [5.41, 5.74) is 1.12. The second kappa shape index (κ2) is 12.4. The van der Waals surface area contributed by atoms with Crippen molar-refractivity contribution in [1.82, 2.24) is 15.2 Å². The number of aromatic nitrogens is 1. The number of ether oxygens (including phenoxy) is 3. The van der Waals surface area contributed by atoms with Crippen LogP contribution in [-0.2, 0) is 16.0 Å². The van der Waals surface area contributed by atoms with Crippen molar-refractivity contribution >= 4 is 29.9 Å². The van der Waals surface area contributed by atoms with Crippen LogP contribution >= 0.6 is 24.0 Å². The molecule has 0 spiro atoms. The number of hydrogen-bond acceptors (Lipinski definition) is 5. The first-order chi connectivity index (χ1) is 13.3. The molecule has 1 aromatic heterocycles. The number of nitrogens with one attached hydrogen (secondary N) is 1. The Morgan fingerprint density at radius 1 is 1.21 bits per heavy atom. The maximum absolute atomic E-state index is 5.69. The van der Waals surface area contributed by atoms with Gasteiger partial charge < -0.3 is 24.4 Å². The zero-order valence-electron chi connectivity index (χ0n) is 16.9. The Bertz CT molecular complexity index is 596. The first kappa shape index (κ1) is 23.2. The first-order valence-electron chi connectivity index (χ1n) is 9.88. The van der Waals surface area contributed by atoms with Gasteiger partial charge in [-0.05, 0) is 30.7 Å². The molecule has 3 rings (SSSR count). The Balaban J connectivity index is 0.00000280. The van der Waals surface area contributed by atoms with Crippen molar-refractivity contribution in [2.45, 2.75) is 25.8 Å². The van der Waals surface area contributed by atoms with Gasteiger partial charge in [0.15, 0.2) is 5.96 Å². The fourth-order valence-corrected chi connectivity index (χ4v) is 3.16. The number of hydrogen-bond donors (Lipinski definition) is 1.